The van der Waals surface area contributed by atoms with Gasteiger partial charge in [0.2, 0.25) is 0 Å². The number of carbonyl (C=O) groups excluding carboxylic acids is 1. The molecule has 1 fully saturated rings. The molecule has 1 aliphatic heterocycles. The summed E-state index contributed by atoms with van der Waals surface area (Å²) in [5.41, 5.74) is 4.38. The van der Waals surface area contributed by atoms with E-state index in [2.05, 4.69) is 5.32 Å². The second-order valence-corrected chi connectivity index (χ2v) is 8.56. The van der Waals surface area contributed by atoms with Crippen LogP contribution < -0.4 is 5.32 Å². The Labute approximate surface area is 176 Å². The van der Waals surface area contributed by atoms with Crippen LogP contribution in [0.3, 0.4) is 0 Å². The van der Waals surface area contributed by atoms with E-state index in [0.717, 1.165) is 40.7 Å². The average molecular weight is 412 g/mol. The largest absolute Gasteiger partial charge is 0.509 e. The molecule has 0 bridgehead atoms. The third-order valence-corrected chi connectivity index (χ3v) is 6.72. The molecule has 1 heterocycles. The smallest absolute Gasteiger partial charge is 0.256 e. The van der Waals surface area contributed by atoms with Crippen LogP contribution in [0.5, 0.6) is 0 Å². The summed E-state index contributed by atoms with van der Waals surface area (Å²) >= 11 is 6.43. The predicted molar refractivity (Wildman–Crippen MR) is 116 cm³/mol. The number of benzene rings is 2. The molecule has 1 aliphatic carbocycles. The van der Waals surface area contributed by atoms with E-state index in [1.807, 2.05) is 50.2 Å². The van der Waals surface area contributed by atoms with Crippen molar-refractivity contribution in [1.29, 1.82) is 0 Å². The van der Waals surface area contributed by atoms with Crippen LogP contribution in [0.15, 0.2) is 42.2 Å². The molecule has 1 amide bonds. The Bertz CT molecular complexity index is 1000. The van der Waals surface area contributed by atoms with E-state index in [9.17, 15) is 9.90 Å². The molecule has 0 saturated heterocycles. The van der Waals surface area contributed by atoms with Gasteiger partial charge in [0.25, 0.3) is 5.91 Å². The van der Waals surface area contributed by atoms with Crippen LogP contribution in [0.2, 0.25) is 5.02 Å². The quantitative estimate of drug-likeness (QED) is 0.715. The molecule has 2 N–H and O–H groups in total. The lowest BCUT2D eigenvalue weighted by molar-refractivity contribution is -0.116. The van der Waals surface area contributed by atoms with Crippen molar-refractivity contribution in [2.24, 2.45) is 0 Å². The summed E-state index contributed by atoms with van der Waals surface area (Å²) in [4.78, 5) is 13.0. The van der Waals surface area contributed by atoms with Crippen LogP contribution in [0.25, 0.3) is 16.7 Å². The van der Waals surface area contributed by atoms with Gasteiger partial charge in [0.1, 0.15) is 5.76 Å². The van der Waals surface area contributed by atoms with Crippen LogP contribution in [0.4, 0.5) is 0 Å². The number of nitrogens with one attached hydrogen (secondary N) is 1. The number of hydrogen-bond donors (Lipinski definition) is 2. The monoisotopic (exact) mass is 411 g/mol. The first kappa shape index (κ1) is 20.0. The molecule has 4 rings (SSSR count). The number of halogens is 1. The van der Waals surface area contributed by atoms with E-state index in [4.69, 9.17) is 16.3 Å². The Morgan fingerprint density at radius 3 is 2.38 bits per heavy atom. The lowest BCUT2D eigenvalue weighted by atomic mass is 9.79. The first-order chi connectivity index (χ1) is 13.9. The average Bonchev–Trinajstić information content (AvgIpc) is 2.93. The molecule has 1 spiro atoms. The lowest BCUT2D eigenvalue weighted by Crippen LogP contribution is -2.48. The third kappa shape index (κ3) is 3.34. The van der Waals surface area contributed by atoms with Gasteiger partial charge in [-0.2, -0.15) is 0 Å². The number of aliphatic hydroxyl groups excluding tert-OH is 1. The van der Waals surface area contributed by atoms with Crippen LogP contribution in [0, 0.1) is 13.8 Å². The van der Waals surface area contributed by atoms with E-state index >= 15 is 0 Å². The van der Waals surface area contributed by atoms with Crippen molar-refractivity contribution in [3.63, 3.8) is 0 Å². The van der Waals surface area contributed by atoms with Gasteiger partial charge in [0.05, 0.1) is 17.2 Å². The minimum Gasteiger partial charge on any atom is -0.509 e. The minimum absolute atomic E-state index is 0.161. The Balaban J connectivity index is 1.81. The maximum Gasteiger partial charge on any atom is 0.256 e. The molecule has 2 aliphatic rings. The number of hydrogen-bond acceptors (Lipinski definition) is 3. The molecule has 29 heavy (non-hydrogen) atoms. The zero-order valence-corrected chi connectivity index (χ0v) is 17.8. The van der Waals surface area contributed by atoms with Gasteiger partial charge in [0, 0.05) is 17.7 Å². The van der Waals surface area contributed by atoms with E-state index < -0.39 is 5.54 Å². The minimum atomic E-state index is -0.677. The molecule has 0 unspecified atom stereocenters. The second kappa shape index (κ2) is 7.51. The third-order valence-electron chi connectivity index (χ3n) is 6.39. The molecule has 4 nitrogen and oxygen atoms in total. The van der Waals surface area contributed by atoms with Crippen LogP contribution in [0.1, 0.15) is 42.4 Å². The lowest BCUT2D eigenvalue weighted by Gasteiger charge is -2.36. The molecule has 5 heteroatoms. The zero-order valence-electron chi connectivity index (χ0n) is 17.0. The highest BCUT2D eigenvalue weighted by Crippen LogP contribution is 2.43. The zero-order chi connectivity index (χ0) is 20.8. The number of amides is 1. The summed E-state index contributed by atoms with van der Waals surface area (Å²) in [5.74, 6) is -0.0513. The molecule has 1 saturated carbocycles. The maximum absolute atomic E-state index is 13.0. The first-order valence-electron chi connectivity index (χ1n) is 10.0. The molecule has 2 aromatic carbocycles. The van der Waals surface area contributed by atoms with E-state index in [0.29, 0.717) is 23.4 Å². The SMILES string of the molecule is COC1CCC2(CC1)NC(=O)C(c1cc(-c3ccccc3Cl)c(C)cc1C)=C2O. The molecule has 0 atom stereocenters. The van der Waals surface area contributed by atoms with Crippen LogP contribution >= 0.6 is 11.6 Å². The van der Waals surface area contributed by atoms with E-state index in [-0.39, 0.29) is 17.8 Å². The van der Waals surface area contributed by atoms with Crippen molar-refractivity contribution >= 4 is 23.1 Å². The standard InChI is InChI=1S/C24H26ClNO3/c1-14-12-15(2)19(13-18(14)17-6-4-5-7-20(17)25)21-22(27)24(26-23(21)28)10-8-16(29-3)9-11-24/h4-7,12-13,16,27H,8-11H2,1-3H3,(H,26,28). The van der Waals surface area contributed by atoms with Gasteiger partial charge in [-0.15, -0.1) is 0 Å². The van der Waals surface area contributed by atoms with Crippen molar-refractivity contribution in [3.05, 3.63) is 63.9 Å². The van der Waals surface area contributed by atoms with Gasteiger partial charge in [-0.1, -0.05) is 35.9 Å². The van der Waals surface area contributed by atoms with Gasteiger partial charge in [-0.25, -0.2) is 0 Å². The number of carbonyl (C=O) groups is 1. The molecule has 0 aromatic heterocycles. The number of ether oxygens (including phenoxy) is 1. The number of aryl methyl sites for hydroxylation is 2. The topological polar surface area (TPSA) is 58.6 Å². The molecule has 152 valence electrons. The van der Waals surface area contributed by atoms with Gasteiger partial charge in [0.15, 0.2) is 0 Å². The predicted octanol–water partition coefficient (Wildman–Crippen LogP) is 5.35. The highest BCUT2D eigenvalue weighted by molar-refractivity contribution is 6.33. The van der Waals surface area contributed by atoms with Crippen LogP contribution in [-0.2, 0) is 9.53 Å². The number of aliphatic hydroxyl groups is 1. The van der Waals surface area contributed by atoms with E-state index in [1.165, 1.54) is 0 Å². The normalized spacial score (nSPS) is 24.3. The van der Waals surface area contributed by atoms with E-state index in [1.54, 1.807) is 7.11 Å². The summed E-state index contributed by atoms with van der Waals surface area (Å²) in [6.45, 7) is 4.00. The summed E-state index contributed by atoms with van der Waals surface area (Å²) in [6.07, 6.45) is 3.16. The fraction of sp³-hybridized carbons (Fsp3) is 0.375. The van der Waals surface area contributed by atoms with Crippen molar-refractivity contribution in [3.8, 4) is 11.1 Å². The first-order valence-corrected chi connectivity index (χ1v) is 10.4. The Hall–Kier alpha value is -2.30. The molecule has 2 aromatic rings. The van der Waals surface area contributed by atoms with Crippen molar-refractivity contribution in [1.82, 2.24) is 5.32 Å². The van der Waals surface area contributed by atoms with Crippen molar-refractivity contribution in [2.45, 2.75) is 51.2 Å². The molecular weight excluding hydrogens is 386 g/mol. The summed E-state index contributed by atoms with van der Waals surface area (Å²) in [6, 6.07) is 11.7. The highest BCUT2D eigenvalue weighted by Gasteiger charge is 2.48. The van der Waals surface area contributed by atoms with Crippen molar-refractivity contribution < 1.29 is 14.6 Å². The summed E-state index contributed by atoms with van der Waals surface area (Å²) in [5, 5.41) is 14.9. The van der Waals surface area contributed by atoms with Gasteiger partial charge < -0.3 is 15.2 Å². The van der Waals surface area contributed by atoms with Crippen LogP contribution in [-0.4, -0.2) is 29.8 Å². The molecular formula is C24H26ClNO3. The molecule has 0 radical (unpaired) electrons. The Kier molecular flexibility index (Phi) is 5.18. The summed E-state index contributed by atoms with van der Waals surface area (Å²) in [7, 11) is 1.71. The van der Waals surface area contributed by atoms with Gasteiger partial charge in [-0.05, 0) is 73.9 Å². The maximum atomic E-state index is 13.0. The van der Waals surface area contributed by atoms with Gasteiger partial charge in [-0.3, -0.25) is 4.79 Å². The fourth-order valence-corrected chi connectivity index (χ4v) is 4.95. The number of rotatable bonds is 3. The fourth-order valence-electron chi connectivity index (χ4n) is 4.71. The Morgan fingerprint density at radius 1 is 1.07 bits per heavy atom. The summed E-state index contributed by atoms with van der Waals surface area (Å²) < 4.78 is 5.45. The Morgan fingerprint density at radius 2 is 1.72 bits per heavy atom. The second-order valence-electron chi connectivity index (χ2n) is 8.16. The van der Waals surface area contributed by atoms with Gasteiger partial charge >= 0.3 is 0 Å². The van der Waals surface area contributed by atoms with Crippen molar-refractivity contribution in [2.75, 3.05) is 7.11 Å². The number of methoxy groups -OCH3 is 1. The highest BCUT2D eigenvalue weighted by atomic mass is 35.5.